The molecule has 142 valence electrons. The van der Waals surface area contributed by atoms with Crippen molar-refractivity contribution < 1.29 is 4.79 Å². The van der Waals surface area contributed by atoms with Gasteiger partial charge in [0, 0.05) is 39.3 Å². The van der Waals surface area contributed by atoms with Crippen LogP contribution in [0.4, 0.5) is 0 Å². The Kier molecular flexibility index (Phi) is 7.19. The van der Waals surface area contributed by atoms with Crippen molar-refractivity contribution in [2.45, 2.75) is 13.5 Å². The van der Waals surface area contributed by atoms with E-state index in [2.05, 4.69) is 70.6 Å². The van der Waals surface area contributed by atoms with E-state index in [1.807, 2.05) is 18.2 Å². The van der Waals surface area contributed by atoms with Crippen molar-refractivity contribution >= 4 is 12.0 Å². The zero-order valence-electron chi connectivity index (χ0n) is 16.1. The first-order valence-electron chi connectivity index (χ1n) is 9.68. The van der Waals surface area contributed by atoms with Gasteiger partial charge in [0.1, 0.15) is 0 Å². The van der Waals surface area contributed by atoms with Crippen LogP contribution in [0.15, 0.2) is 60.7 Å². The van der Waals surface area contributed by atoms with Crippen LogP contribution in [0, 0.1) is 6.92 Å². The summed E-state index contributed by atoms with van der Waals surface area (Å²) in [6.07, 6.45) is 4.39. The number of benzene rings is 2. The number of aryl methyl sites for hydroxylation is 1. The van der Waals surface area contributed by atoms with Crippen molar-refractivity contribution in [1.29, 1.82) is 0 Å². The molecule has 4 heteroatoms. The molecule has 4 nitrogen and oxygen atoms in total. The average molecular weight is 364 g/mol. The minimum absolute atomic E-state index is 0.107. The second kappa shape index (κ2) is 10.0. The summed E-state index contributed by atoms with van der Waals surface area (Å²) in [5.41, 5.74) is 3.64. The number of amides is 1. The summed E-state index contributed by atoms with van der Waals surface area (Å²) in [7, 11) is 0. The molecule has 1 aliphatic heterocycles. The molecule has 0 aromatic heterocycles. The minimum atomic E-state index is 0.107. The van der Waals surface area contributed by atoms with Crippen molar-refractivity contribution in [1.82, 2.24) is 15.1 Å². The molecule has 1 fully saturated rings. The lowest BCUT2D eigenvalue weighted by Gasteiger charge is -2.33. The monoisotopic (exact) mass is 363 g/mol. The van der Waals surface area contributed by atoms with Crippen LogP contribution in [-0.2, 0) is 11.3 Å². The number of piperazine rings is 1. The van der Waals surface area contributed by atoms with Gasteiger partial charge in [0.15, 0.2) is 0 Å². The summed E-state index contributed by atoms with van der Waals surface area (Å²) < 4.78 is 0. The average Bonchev–Trinajstić information content (AvgIpc) is 2.69. The first kappa shape index (κ1) is 19.3. The summed E-state index contributed by atoms with van der Waals surface area (Å²) in [5, 5.41) is 3.05. The quantitative estimate of drug-likeness (QED) is 0.822. The maximum absolute atomic E-state index is 12.2. The molecule has 0 saturated carbocycles. The fraction of sp³-hybridized carbons (Fsp3) is 0.348. The number of nitrogens with one attached hydrogen (secondary N) is 1. The van der Waals surface area contributed by atoms with Crippen LogP contribution in [0.25, 0.3) is 6.08 Å². The number of carbonyl (C=O) groups is 1. The summed E-state index contributed by atoms with van der Waals surface area (Å²) in [6, 6.07) is 18.6. The Morgan fingerprint density at radius 1 is 0.963 bits per heavy atom. The fourth-order valence-corrected chi connectivity index (χ4v) is 3.29. The lowest BCUT2D eigenvalue weighted by atomic mass is 10.1. The van der Waals surface area contributed by atoms with E-state index >= 15 is 0 Å². The third-order valence-electron chi connectivity index (χ3n) is 5.04. The SMILES string of the molecule is Cc1ccccc1CNC(=O)CN1CCN(CC=Cc2ccccc2)CC1. The van der Waals surface area contributed by atoms with Crippen LogP contribution >= 0.6 is 0 Å². The van der Waals surface area contributed by atoms with E-state index in [9.17, 15) is 4.79 Å². The van der Waals surface area contributed by atoms with Crippen LogP contribution in [0.3, 0.4) is 0 Å². The Bertz CT molecular complexity index is 749. The van der Waals surface area contributed by atoms with Gasteiger partial charge in [-0.05, 0) is 23.6 Å². The molecule has 0 aliphatic carbocycles. The van der Waals surface area contributed by atoms with E-state index in [1.54, 1.807) is 0 Å². The van der Waals surface area contributed by atoms with Gasteiger partial charge in [0.25, 0.3) is 0 Å². The Balaban J connectivity index is 1.35. The highest BCUT2D eigenvalue weighted by atomic mass is 16.2. The Morgan fingerprint density at radius 2 is 1.63 bits per heavy atom. The standard InChI is InChI=1S/C23H29N3O/c1-20-8-5-6-12-22(20)18-24-23(27)19-26-16-14-25(15-17-26)13-7-11-21-9-3-2-4-10-21/h2-12H,13-19H2,1H3,(H,24,27). The summed E-state index contributed by atoms with van der Waals surface area (Å²) in [4.78, 5) is 16.9. The van der Waals surface area contributed by atoms with Crippen molar-refractivity contribution in [3.8, 4) is 0 Å². The van der Waals surface area contributed by atoms with Gasteiger partial charge in [-0.15, -0.1) is 0 Å². The zero-order valence-corrected chi connectivity index (χ0v) is 16.1. The number of hydrogen-bond donors (Lipinski definition) is 1. The van der Waals surface area contributed by atoms with Crippen LogP contribution in [0.5, 0.6) is 0 Å². The normalized spacial score (nSPS) is 15.9. The molecule has 1 N–H and O–H groups in total. The minimum Gasteiger partial charge on any atom is -0.351 e. The lowest BCUT2D eigenvalue weighted by Crippen LogP contribution is -2.49. The molecule has 3 rings (SSSR count). The molecule has 0 bridgehead atoms. The molecule has 0 spiro atoms. The molecule has 27 heavy (non-hydrogen) atoms. The molecule has 2 aromatic carbocycles. The summed E-state index contributed by atoms with van der Waals surface area (Å²) in [5.74, 6) is 0.107. The molecule has 0 atom stereocenters. The number of hydrogen-bond acceptors (Lipinski definition) is 3. The zero-order chi connectivity index (χ0) is 18.9. The van der Waals surface area contributed by atoms with E-state index in [-0.39, 0.29) is 5.91 Å². The molecule has 1 aliphatic rings. The first-order valence-corrected chi connectivity index (χ1v) is 9.68. The van der Waals surface area contributed by atoms with Crippen LogP contribution in [-0.4, -0.2) is 55.0 Å². The highest BCUT2D eigenvalue weighted by Crippen LogP contribution is 2.07. The largest absolute Gasteiger partial charge is 0.351 e. The van der Waals surface area contributed by atoms with Gasteiger partial charge >= 0.3 is 0 Å². The van der Waals surface area contributed by atoms with Crippen LogP contribution < -0.4 is 5.32 Å². The van der Waals surface area contributed by atoms with Crippen molar-refractivity contribution in [3.05, 3.63) is 77.4 Å². The van der Waals surface area contributed by atoms with Gasteiger partial charge in [-0.1, -0.05) is 66.7 Å². The first-order chi connectivity index (χ1) is 13.2. The van der Waals surface area contributed by atoms with Gasteiger partial charge in [-0.2, -0.15) is 0 Å². The van der Waals surface area contributed by atoms with Gasteiger partial charge in [-0.25, -0.2) is 0 Å². The van der Waals surface area contributed by atoms with Gasteiger partial charge < -0.3 is 5.32 Å². The van der Waals surface area contributed by atoms with Crippen LogP contribution in [0.2, 0.25) is 0 Å². The van der Waals surface area contributed by atoms with E-state index in [0.717, 1.165) is 32.7 Å². The predicted molar refractivity (Wildman–Crippen MR) is 111 cm³/mol. The molecule has 0 radical (unpaired) electrons. The van der Waals surface area contributed by atoms with E-state index in [1.165, 1.54) is 16.7 Å². The maximum Gasteiger partial charge on any atom is 0.234 e. The van der Waals surface area contributed by atoms with E-state index in [0.29, 0.717) is 13.1 Å². The van der Waals surface area contributed by atoms with Gasteiger partial charge in [-0.3, -0.25) is 14.6 Å². The van der Waals surface area contributed by atoms with Crippen molar-refractivity contribution in [3.63, 3.8) is 0 Å². The van der Waals surface area contributed by atoms with Gasteiger partial charge in [0.2, 0.25) is 5.91 Å². The number of carbonyl (C=O) groups excluding carboxylic acids is 1. The maximum atomic E-state index is 12.2. The topological polar surface area (TPSA) is 35.6 Å². The smallest absolute Gasteiger partial charge is 0.234 e. The van der Waals surface area contributed by atoms with Gasteiger partial charge in [0.05, 0.1) is 6.54 Å². The highest BCUT2D eigenvalue weighted by Gasteiger charge is 2.18. The Labute approximate surface area is 162 Å². The number of nitrogens with zero attached hydrogens (tertiary/aromatic N) is 2. The fourth-order valence-electron chi connectivity index (χ4n) is 3.29. The molecule has 0 unspecified atom stereocenters. The molecule has 1 heterocycles. The van der Waals surface area contributed by atoms with Crippen molar-refractivity contribution in [2.75, 3.05) is 39.3 Å². The molecule has 1 amide bonds. The highest BCUT2D eigenvalue weighted by molar-refractivity contribution is 5.78. The van der Waals surface area contributed by atoms with Crippen molar-refractivity contribution in [2.24, 2.45) is 0 Å². The predicted octanol–water partition coefficient (Wildman–Crippen LogP) is 2.94. The molecular formula is C23H29N3O. The van der Waals surface area contributed by atoms with E-state index < -0.39 is 0 Å². The Morgan fingerprint density at radius 3 is 2.37 bits per heavy atom. The lowest BCUT2D eigenvalue weighted by molar-refractivity contribution is -0.122. The third kappa shape index (κ3) is 6.35. The molecular weight excluding hydrogens is 334 g/mol. The summed E-state index contributed by atoms with van der Waals surface area (Å²) >= 11 is 0. The summed E-state index contributed by atoms with van der Waals surface area (Å²) in [6.45, 7) is 8.02. The Hall–Kier alpha value is -2.43. The third-order valence-corrected chi connectivity index (χ3v) is 5.04. The molecule has 1 saturated heterocycles. The van der Waals surface area contributed by atoms with Crippen LogP contribution in [0.1, 0.15) is 16.7 Å². The second-order valence-electron chi connectivity index (χ2n) is 7.09. The van der Waals surface area contributed by atoms with E-state index in [4.69, 9.17) is 0 Å². The molecule has 2 aromatic rings. The second-order valence-corrected chi connectivity index (χ2v) is 7.09. The number of rotatable bonds is 7.